The molecule has 6 N–H and O–H groups in total. The Bertz CT molecular complexity index is 302. The van der Waals surface area contributed by atoms with Gasteiger partial charge in [0.05, 0.1) is 9.79 Å². The summed E-state index contributed by atoms with van der Waals surface area (Å²) >= 11 is 0. The first-order chi connectivity index (χ1) is 6.21. The maximum atomic E-state index is 9.32. The first-order valence-corrected chi connectivity index (χ1v) is 7.17. The topological polar surface area (TPSA) is 107 Å². The lowest BCUT2D eigenvalue weighted by Crippen LogP contribution is -2.09. The van der Waals surface area contributed by atoms with Crippen molar-refractivity contribution in [1.82, 2.24) is 0 Å². The molecule has 1 rings (SSSR count). The van der Waals surface area contributed by atoms with Crippen molar-refractivity contribution in [2.75, 3.05) is 6.26 Å². The molecule has 0 amide bonds. The van der Waals surface area contributed by atoms with Crippen LogP contribution in [0.5, 0.6) is 0 Å². The van der Waals surface area contributed by atoms with Crippen molar-refractivity contribution in [3.63, 3.8) is 0 Å². The minimum Gasteiger partial charge on any atom is -0.295 e. The van der Waals surface area contributed by atoms with Gasteiger partial charge in [-0.2, -0.15) is 10.6 Å². The van der Waals surface area contributed by atoms with Crippen LogP contribution in [0.2, 0.25) is 0 Å². The van der Waals surface area contributed by atoms with E-state index < -0.39 is 21.4 Å². The predicted octanol–water partition coefficient (Wildman–Crippen LogP) is 2.41. The summed E-state index contributed by atoms with van der Waals surface area (Å²) in [5, 5.41) is 5.11. The molecule has 0 aliphatic carbocycles. The average molecular weight is 239 g/mol. The van der Waals surface area contributed by atoms with E-state index in [-0.39, 0.29) is 9.79 Å². The van der Waals surface area contributed by atoms with E-state index >= 15 is 0 Å². The number of nitrogens with two attached hydrogens (primary N) is 1. The third kappa shape index (κ3) is 2.85. The second kappa shape index (κ2) is 3.70. The fourth-order valence-electron chi connectivity index (χ4n) is 0.902. The fraction of sp³-hybridized carbons (Fsp3) is 0.143. The van der Waals surface area contributed by atoms with E-state index in [0.29, 0.717) is 0 Å². The summed E-state index contributed by atoms with van der Waals surface area (Å²) in [6.07, 6.45) is 1.26. The smallest absolute Gasteiger partial charge is 0.0766 e. The molecule has 0 aromatic heterocycles. The quantitative estimate of drug-likeness (QED) is 0.545. The molecular formula is C7H13NO4S2. The lowest BCUT2D eigenvalue weighted by atomic mass is 10.4. The molecule has 0 fully saturated rings. The fourth-order valence-corrected chi connectivity index (χ4v) is 2.24. The van der Waals surface area contributed by atoms with Crippen LogP contribution in [0.1, 0.15) is 0 Å². The second-order valence-electron chi connectivity index (χ2n) is 2.90. The zero-order valence-electron chi connectivity index (χ0n) is 7.49. The van der Waals surface area contributed by atoms with Crippen LogP contribution in [0.3, 0.4) is 0 Å². The van der Waals surface area contributed by atoms with Crippen molar-refractivity contribution in [3.8, 4) is 0 Å². The molecule has 7 heteroatoms. The molecule has 0 heterocycles. The van der Waals surface area contributed by atoms with Gasteiger partial charge in [-0.3, -0.25) is 18.2 Å². The molecule has 0 unspecified atom stereocenters. The highest BCUT2D eigenvalue weighted by Crippen LogP contribution is 2.48. The summed E-state index contributed by atoms with van der Waals surface area (Å²) in [5.74, 6) is 0. The number of benzene rings is 1. The Hall–Kier alpha value is -0.280. The van der Waals surface area contributed by atoms with Crippen LogP contribution >= 0.6 is 21.4 Å². The molecule has 0 aliphatic heterocycles. The molecule has 0 saturated heterocycles. The minimum absolute atomic E-state index is 0.0943. The van der Waals surface area contributed by atoms with E-state index in [0.717, 1.165) is 0 Å². The van der Waals surface area contributed by atoms with Gasteiger partial charge in [0, 0.05) is 6.26 Å². The van der Waals surface area contributed by atoms with E-state index in [1.807, 2.05) is 0 Å². The lowest BCUT2D eigenvalue weighted by Gasteiger charge is -2.30. The number of rotatable bonds is 2. The standard InChI is InChI=1S/C7H13NO4S2/c1-13(9,10)6-3-2-4-7(5-6)14(8,11)12/h2-5,9-12H,8H2,1H3. The molecule has 5 nitrogen and oxygen atoms in total. The molecule has 0 aliphatic rings. The van der Waals surface area contributed by atoms with Crippen LogP contribution in [0.25, 0.3) is 0 Å². The number of hydrogen-bond donors (Lipinski definition) is 5. The zero-order valence-corrected chi connectivity index (χ0v) is 9.13. The van der Waals surface area contributed by atoms with Gasteiger partial charge < -0.3 is 0 Å². The summed E-state index contributed by atoms with van der Waals surface area (Å²) in [6, 6.07) is 5.68. The van der Waals surface area contributed by atoms with E-state index in [1.54, 1.807) is 0 Å². The predicted molar refractivity (Wildman–Crippen MR) is 58.8 cm³/mol. The summed E-state index contributed by atoms with van der Waals surface area (Å²) in [6.45, 7) is 0. The van der Waals surface area contributed by atoms with E-state index in [2.05, 4.69) is 0 Å². The van der Waals surface area contributed by atoms with Gasteiger partial charge in [0.2, 0.25) is 0 Å². The Morgan fingerprint density at radius 1 is 1.07 bits per heavy atom. The Balaban J connectivity index is 3.15. The normalized spacial score (nSPS) is 15.3. The molecule has 0 bridgehead atoms. The molecule has 82 valence electrons. The van der Waals surface area contributed by atoms with Crippen LogP contribution in [0.4, 0.5) is 0 Å². The van der Waals surface area contributed by atoms with Crippen molar-refractivity contribution >= 4 is 21.4 Å². The Labute approximate surface area is 85.4 Å². The molecule has 0 atom stereocenters. The van der Waals surface area contributed by atoms with Crippen molar-refractivity contribution in [3.05, 3.63) is 24.3 Å². The first kappa shape index (κ1) is 11.8. The SMILES string of the molecule is CS(O)(O)c1cccc(S(N)(O)O)c1. The van der Waals surface area contributed by atoms with Gasteiger partial charge in [0.15, 0.2) is 0 Å². The second-order valence-corrected chi connectivity index (χ2v) is 6.70. The van der Waals surface area contributed by atoms with E-state index in [4.69, 9.17) is 14.2 Å². The van der Waals surface area contributed by atoms with E-state index in [1.165, 1.54) is 30.5 Å². The van der Waals surface area contributed by atoms with Crippen LogP contribution in [0.15, 0.2) is 34.1 Å². The average Bonchev–Trinajstić information content (AvgIpc) is 2.01. The van der Waals surface area contributed by atoms with Crippen LogP contribution in [0, 0.1) is 0 Å². The van der Waals surface area contributed by atoms with Gasteiger partial charge in [0.25, 0.3) is 0 Å². The first-order valence-electron chi connectivity index (χ1n) is 3.60. The molecule has 1 aromatic carbocycles. The van der Waals surface area contributed by atoms with Crippen LogP contribution in [-0.4, -0.2) is 24.5 Å². The largest absolute Gasteiger partial charge is 0.295 e. The van der Waals surface area contributed by atoms with Gasteiger partial charge in [-0.05, 0) is 18.2 Å². The van der Waals surface area contributed by atoms with E-state index in [9.17, 15) is 9.11 Å². The highest BCUT2D eigenvalue weighted by Gasteiger charge is 2.14. The highest BCUT2D eigenvalue weighted by atomic mass is 32.3. The Morgan fingerprint density at radius 3 is 2.00 bits per heavy atom. The summed E-state index contributed by atoms with van der Waals surface area (Å²) in [5.41, 5.74) is 0. The maximum absolute atomic E-state index is 9.32. The van der Waals surface area contributed by atoms with Gasteiger partial charge in [-0.25, -0.2) is 5.14 Å². The van der Waals surface area contributed by atoms with Crippen molar-refractivity contribution in [2.24, 2.45) is 5.14 Å². The maximum Gasteiger partial charge on any atom is 0.0766 e. The van der Waals surface area contributed by atoms with Crippen molar-refractivity contribution in [2.45, 2.75) is 9.79 Å². The van der Waals surface area contributed by atoms with Crippen LogP contribution < -0.4 is 5.14 Å². The molecule has 1 aromatic rings. The van der Waals surface area contributed by atoms with Gasteiger partial charge in [-0.1, -0.05) is 6.07 Å². The number of hydrogen-bond acceptors (Lipinski definition) is 5. The third-order valence-electron chi connectivity index (χ3n) is 1.60. The van der Waals surface area contributed by atoms with Crippen molar-refractivity contribution < 1.29 is 18.2 Å². The van der Waals surface area contributed by atoms with Crippen molar-refractivity contribution in [1.29, 1.82) is 0 Å². The monoisotopic (exact) mass is 239 g/mol. The zero-order chi connectivity index (χ0) is 11.0. The third-order valence-corrected chi connectivity index (χ3v) is 3.69. The summed E-state index contributed by atoms with van der Waals surface area (Å²) < 4.78 is 36.9. The molecule has 0 spiro atoms. The van der Waals surface area contributed by atoms with Gasteiger partial charge >= 0.3 is 0 Å². The molecular weight excluding hydrogens is 226 g/mol. The lowest BCUT2D eigenvalue weighted by molar-refractivity contribution is 0.487. The molecule has 0 radical (unpaired) electrons. The Morgan fingerprint density at radius 2 is 1.57 bits per heavy atom. The Kier molecular flexibility index (Phi) is 3.12. The summed E-state index contributed by atoms with van der Waals surface area (Å²) in [4.78, 5) is 0.331. The van der Waals surface area contributed by atoms with Crippen LogP contribution in [-0.2, 0) is 0 Å². The highest BCUT2D eigenvalue weighted by molar-refractivity contribution is 8.24. The van der Waals surface area contributed by atoms with Gasteiger partial charge in [0.1, 0.15) is 0 Å². The molecule has 0 saturated carbocycles. The summed E-state index contributed by atoms with van der Waals surface area (Å²) in [7, 11) is -6.14. The minimum atomic E-state index is -3.29. The van der Waals surface area contributed by atoms with Gasteiger partial charge in [-0.15, -0.1) is 10.8 Å². The molecule has 14 heavy (non-hydrogen) atoms.